The summed E-state index contributed by atoms with van der Waals surface area (Å²) in [5, 5.41) is 15.1. The molecule has 0 bridgehead atoms. The summed E-state index contributed by atoms with van der Waals surface area (Å²) in [6.07, 6.45) is 4.12. The van der Waals surface area contributed by atoms with Gasteiger partial charge in [0.1, 0.15) is 0 Å². The molecule has 1 aromatic heterocycles. The van der Waals surface area contributed by atoms with Crippen LogP contribution < -0.4 is 15.5 Å². The summed E-state index contributed by atoms with van der Waals surface area (Å²) < 4.78 is 0. The SMILES string of the molecule is CC1CCN(c2ccc(Nc3cnnc(Nc4cccc(Cl)c4)n3)cc2)CC1. The van der Waals surface area contributed by atoms with Crippen LogP contribution in [0.15, 0.2) is 54.7 Å². The number of halogens is 1. The number of hydrogen-bond acceptors (Lipinski definition) is 6. The molecule has 0 radical (unpaired) electrons. The minimum Gasteiger partial charge on any atom is -0.372 e. The zero-order chi connectivity index (χ0) is 19.3. The summed E-state index contributed by atoms with van der Waals surface area (Å²) in [5.74, 6) is 1.86. The Morgan fingerprint density at radius 1 is 1.00 bits per heavy atom. The molecule has 1 aliphatic rings. The molecule has 7 heteroatoms. The highest BCUT2D eigenvalue weighted by molar-refractivity contribution is 6.30. The number of hydrogen-bond donors (Lipinski definition) is 2. The maximum Gasteiger partial charge on any atom is 0.249 e. The predicted molar refractivity (Wildman–Crippen MR) is 115 cm³/mol. The van der Waals surface area contributed by atoms with Crippen molar-refractivity contribution in [2.24, 2.45) is 5.92 Å². The van der Waals surface area contributed by atoms with Crippen molar-refractivity contribution in [2.75, 3.05) is 28.6 Å². The van der Waals surface area contributed by atoms with Gasteiger partial charge in [0.05, 0.1) is 6.20 Å². The molecule has 4 rings (SSSR count). The van der Waals surface area contributed by atoms with Crippen LogP contribution in [-0.2, 0) is 0 Å². The molecular weight excluding hydrogens is 372 g/mol. The van der Waals surface area contributed by atoms with E-state index in [-0.39, 0.29) is 0 Å². The molecule has 3 aromatic rings. The van der Waals surface area contributed by atoms with Crippen LogP contribution in [0.5, 0.6) is 0 Å². The number of anilines is 5. The highest BCUT2D eigenvalue weighted by atomic mass is 35.5. The van der Waals surface area contributed by atoms with Crippen molar-refractivity contribution in [3.63, 3.8) is 0 Å². The second kappa shape index (κ2) is 8.44. The predicted octanol–water partition coefficient (Wildman–Crippen LogP) is 5.25. The zero-order valence-corrected chi connectivity index (χ0v) is 16.5. The average Bonchev–Trinajstić information content (AvgIpc) is 2.70. The second-order valence-corrected chi connectivity index (χ2v) is 7.58. The van der Waals surface area contributed by atoms with Gasteiger partial charge in [0.25, 0.3) is 0 Å². The number of rotatable bonds is 5. The van der Waals surface area contributed by atoms with E-state index in [0.717, 1.165) is 30.4 Å². The molecule has 0 saturated carbocycles. The van der Waals surface area contributed by atoms with Gasteiger partial charge >= 0.3 is 0 Å². The molecule has 0 amide bonds. The lowest BCUT2D eigenvalue weighted by Gasteiger charge is -2.32. The average molecular weight is 395 g/mol. The Labute approximate surface area is 170 Å². The summed E-state index contributed by atoms with van der Waals surface area (Å²) in [4.78, 5) is 6.91. The van der Waals surface area contributed by atoms with Gasteiger partial charge in [0.2, 0.25) is 5.95 Å². The molecule has 0 unspecified atom stereocenters. The fraction of sp³-hybridized carbons (Fsp3) is 0.286. The van der Waals surface area contributed by atoms with Crippen molar-refractivity contribution in [1.29, 1.82) is 0 Å². The Hall–Kier alpha value is -2.86. The summed E-state index contributed by atoms with van der Waals surface area (Å²) in [5.41, 5.74) is 3.04. The van der Waals surface area contributed by atoms with Crippen molar-refractivity contribution >= 4 is 40.4 Å². The van der Waals surface area contributed by atoms with Gasteiger partial charge in [-0.15, -0.1) is 5.10 Å². The fourth-order valence-corrected chi connectivity index (χ4v) is 3.47. The highest BCUT2D eigenvalue weighted by Crippen LogP contribution is 2.25. The van der Waals surface area contributed by atoms with Crippen LogP contribution in [-0.4, -0.2) is 28.3 Å². The van der Waals surface area contributed by atoms with Crippen LogP contribution >= 0.6 is 11.6 Å². The second-order valence-electron chi connectivity index (χ2n) is 7.14. The Balaban J connectivity index is 1.41. The smallest absolute Gasteiger partial charge is 0.249 e. The van der Waals surface area contributed by atoms with E-state index in [2.05, 4.69) is 61.9 Å². The summed E-state index contributed by atoms with van der Waals surface area (Å²) in [7, 11) is 0. The molecular formula is C21H23ClN6. The lowest BCUT2D eigenvalue weighted by Crippen LogP contribution is -2.32. The standard InChI is InChI=1S/C21H23ClN6/c1-15-9-11-28(12-10-15)19-7-5-17(6-8-19)24-20-14-23-27-21(26-20)25-18-4-2-3-16(22)13-18/h2-8,13-15H,9-12H2,1H3,(H2,24,25,26,27). The molecule has 0 atom stereocenters. The minimum atomic E-state index is 0.409. The number of benzene rings is 2. The lowest BCUT2D eigenvalue weighted by molar-refractivity contribution is 0.438. The first-order valence-corrected chi connectivity index (χ1v) is 9.88. The third kappa shape index (κ3) is 4.70. The van der Waals surface area contributed by atoms with Gasteiger partial charge in [0, 0.05) is 35.2 Å². The van der Waals surface area contributed by atoms with Crippen LogP contribution in [0.3, 0.4) is 0 Å². The van der Waals surface area contributed by atoms with E-state index in [0.29, 0.717) is 16.8 Å². The summed E-state index contributed by atoms with van der Waals surface area (Å²) in [6, 6.07) is 15.8. The van der Waals surface area contributed by atoms with Crippen molar-refractivity contribution in [3.05, 3.63) is 59.8 Å². The van der Waals surface area contributed by atoms with Crippen LogP contribution in [0.25, 0.3) is 0 Å². The van der Waals surface area contributed by atoms with Gasteiger partial charge < -0.3 is 15.5 Å². The van der Waals surface area contributed by atoms with Crippen molar-refractivity contribution < 1.29 is 0 Å². The van der Waals surface area contributed by atoms with E-state index in [4.69, 9.17) is 11.6 Å². The first-order chi connectivity index (χ1) is 13.7. The van der Waals surface area contributed by atoms with Crippen molar-refractivity contribution in [1.82, 2.24) is 15.2 Å². The Morgan fingerprint density at radius 2 is 1.79 bits per heavy atom. The number of nitrogens with zero attached hydrogens (tertiary/aromatic N) is 4. The number of nitrogens with one attached hydrogen (secondary N) is 2. The molecule has 1 aliphatic heterocycles. The van der Waals surface area contributed by atoms with Gasteiger partial charge in [0.15, 0.2) is 5.82 Å². The van der Waals surface area contributed by atoms with E-state index in [1.54, 1.807) is 6.20 Å². The molecule has 144 valence electrons. The third-order valence-corrected chi connectivity index (χ3v) is 5.16. The normalized spacial score (nSPS) is 14.7. The third-order valence-electron chi connectivity index (χ3n) is 4.93. The molecule has 2 heterocycles. The Kier molecular flexibility index (Phi) is 5.58. The lowest BCUT2D eigenvalue weighted by atomic mass is 9.99. The molecule has 2 aromatic carbocycles. The number of aromatic nitrogens is 3. The molecule has 0 spiro atoms. The monoisotopic (exact) mass is 394 g/mol. The molecule has 28 heavy (non-hydrogen) atoms. The first kappa shape index (κ1) is 18.5. The largest absolute Gasteiger partial charge is 0.372 e. The topological polar surface area (TPSA) is 66.0 Å². The van der Waals surface area contributed by atoms with Gasteiger partial charge in [-0.3, -0.25) is 0 Å². The van der Waals surface area contributed by atoms with Crippen molar-refractivity contribution in [3.8, 4) is 0 Å². The van der Waals surface area contributed by atoms with Crippen molar-refractivity contribution in [2.45, 2.75) is 19.8 Å². The minimum absolute atomic E-state index is 0.409. The van der Waals surface area contributed by atoms with E-state index < -0.39 is 0 Å². The molecule has 1 fully saturated rings. The first-order valence-electron chi connectivity index (χ1n) is 9.50. The Morgan fingerprint density at radius 3 is 2.54 bits per heavy atom. The molecule has 6 nitrogen and oxygen atoms in total. The van der Waals surface area contributed by atoms with E-state index in [9.17, 15) is 0 Å². The highest BCUT2D eigenvalue weighted by Gasteiger charge is 2.15. The van der Waals surface area contributed by atoms with E-state index in [1.807, 2.05) is 24.3 Å². The number of piperidine rings is 1. The quantitative estimate of drug-likeness (QED) is 0.616. The zero-order valence-electron chi connectivity index (χ0n) is 15.8. The van der Waals surface area contributed by atoms with E-state index in [1.165, 1.54) is 18.5 Å². The maximum atomic E-state index is 6.01. The molecule has 2 N–H and O–H groups in total. The Bertz CT molecular complexity index is 922. The van der Waals surface area contributed by atoms with Gasteiger partial charge in [-0.2, -0.15) is 10.1 Å². The molecule has 1 saturated heterocycles. The van der Waals surface area contributed by atoms with Crippen LogP contribution in [0, 0.1) is 5.92 Å². The van der Waals surface area contributed by atoms with Crippen LogP contribution in [0.1, 0.15) is 19.8 Å². The van der Waals surface area contributed by atoms with E-state index >= 15 is 0 Å². The molecule has 0 aliphatic carbocycles. The van der Waals surface area contributed by atoms with Crippen LogP contribution in [0.2, 0.25) is 5.02 Å². The van der Waals surface area contributed by atoms with Gasteiger partial charge in [-0.05, 0) is 61.2 Å². The summed E-state index contributed by atoms with van der Waals surface area (Å²) >= 11 is 6.01. The maximum absolute atomic E-state index is 6.01. The summed E-state index contributed by atoms with van der Waals surface area (Å²) in [6.45, 7) is 4.58. The fourth-order valence-electron chi connectivity index (χ4n) is 3.28. The van der Waals surface area contributed by atoms with Gasteiger partial charge in [-0.25, -0.2) is 0 Å². The van der Waals surface area contributed by atoms with Crippen LogP contribution in [0.4, 0.5) is 28.8 Å². The van der Waals surface area contributed by atoms with Gasteiger partial charge in [-0.1, -0.05) is 24.6 Å².